The molecule has 0 spiro atoms. The molecular formula is C26H30N2O5. The molecule has 1 aliphatic heterocycles. The van der Waals surface area contributed by atoms with Crippen LogP contribution in [0.5, 0.6) is 17.2 Å². The fourth-order valence-electron chi connectivity index (χ4n) is 5.03. The first-order chi connectivity index (χ1) is 15.9. The lowest BCUT2D eigenvalue weighted by atomic mass is 9.73. The van der Waals surface area contributed by atoms with Crippen LogP contribution in [0.2, 0.25) is 0 Å². The maximum atomic E-state index is 13.6. The van der Waals surface area contributed by atoms with Gasteiger partial charge < -0.3 is 14.2 Å². The molecule has 174 valence electrons. The Bertz CT molecular complexity index is 1070. The molecule has 0 N–H and O–H groups in total. The smallest absolute Gasteiger partial charge is 0.242 e. The first kappa shape index (κ1) is 22.9. The number of methoxy groups -OCH3 is 3. The van der Waals surface area contributed by atoms with E-state index < -0.39 is 0 Å². The first-order valence-electron chi connectivity index (χ1n) is 11.0. The van der Waals surface area contributed by atoms with Gasteiger partial charge in [0, 0.05) is 44.1 Å². The summed E-state index contributed by atoms with van der Waals surface area (Å²) in [5.41, 5.74) is 3.39. The summed E-state index contributed by atoms with van der Waals surface area (Å²) in [6.07, 6.45) is 1.23. The number of ketones is 1. The van der Waals surface area contributed by atoms with Crippen LogP contribution in [-0.2, 0) is 9.59 Å². The molecule has 2 aliphatic rings. The fraction of sp³-hybridized carbons (Fsp3) is 0.385. The van der Waals surface area contributed by atoms with Crippen molar-refractivity contribution in [1.29, 1.82) is 0 Å². The molecular weight excluding hydrogens is 420 g/mol. The largest absolute Gasteiger partial charge is 0.493 e. The van der Waals surface area contributed by atoms with Crippen molar-refractivity contribution in [1.82, 2.24) is 10.0 Å². The Kier molecular flexibility index (Phi) is 6.42. The number of amides is 1. The van der Waals surface area contributed by atoms with Crippen LogP contribution in [0, 0.1) is 0 Å². The Balaban J connectivity index is 1.85. The Morgan fingerprint density at radius 1 is 0.848 bits per heavy atom. The SMILES string of the molecule is COc1cc([C@H]2CC(=O)N(N(C)C)C3=C2C(=O)C[C@H](c2ccccc2)C3)cc(OC)c1OC. The van der Waals surface area contributed by atoms with E-state index in [1.807, 2.05) is 56.6 Å². The number of Topliss-reactive ketones (excluding diaryl/α,β-unsaturated/α-hetero) is 1. The second-order valence-electron chi connectivity index (χ2n) is 8.57. The minimum atomic E-state index is -0.373. The second-order valence-corrected chi connectivity index (χ2v) is 8.57. The molecule has 1 aliphatic carbocycles. The second kappa shape index (κ2) is 9.27. The summed E-state index contributed by atoms with van der Waals surface area (Å²) in [5, 5.41) is 3.43. The molecule has 0 saturated carbocycles. The van der Waals surface area contributed by atoms with Crippen molar-refractivity contribution < 1.29 is 23.8 Å². The van der Waals surface area contributed by atoms with Gasteiger partial charge in [-0.25, -0.2) is 10.0 Å². The molecule has 2 atom stereocenters. The third-order valence-electron chi connectivity index (χ3n) is 6.46. The summed E-state index contributed by atoms with van der Waals surface area (Å²) < 4.78 is 16.5. The third kappa shape index (κ3) is 4.09. The van der Waals surface area contributed by atoms with Crippen molar-refractivity contribution in [3.63, 3.8) is 0 Å². The Morgan fingerprint density at radius 3 is 2.03 bits per heavy atom. The molecule has 2 aromatic rings. The Hall–Kier alpha value is -3.32. The summed E-state index contributed by atoms with van der Waals surface area (Å²) in [5.74, 6) is 1.17. The summed E-state index contributed by atoms with van der Waals surface area (Å²) in [6, 6.07) is 13.7. The molecule has 0 aromatic heterocycles. The van der Waals surface area contributed by atoms with Crippen molar-refractivity contribution in [2.45, 2.75) is 31.1 Å². The predicted octanol–water partition coefficient (Wildman–Crippen LogP) is 3.91. The van der Waals surface area contributed by atoms with Crippen LogP contribution in [0.4, 0.5) is 0 Å². The lowest BCUT2D eigenvalue weighted by molar-refractivity contribution is -0.143. The monoisotopic (exact) mass is 450 g/mol. The Labute approximate surface area is 194 Å². The number of carbonyl (C=O) groups is 2. The van der Waals surface area contributed by atoms with E-state index >= 15 is 0 Å². The molecule has 33 heavy (non-hydrogen) atoms. The van der Waals surface area contributed by atoms with Gasteiger partial charge in [-0.15, -0.1) is 0 Å². The van der Waals surface area contributed by atoms with E-state index in [-0.39, 0.29) is 29.9 Å². The van der Waals surface area contributed by atoms with Crippen LogP contribution in [0.1, 0.15) is 42.2 Å². The summed E-state index contributed by atoms with van der Waals surface area (Å²) in [4.78, 5) is 26.9. The molecule has 0 fully saturated rings. The predicted molar refractivity (Wildman–Crippen MR) is 124 cm³/mol. The number of carbonyl (C=O) groups excluding carboxylic acids is 2. The number of allylic oxidation sites excluding steroid dienone is 2. The number of hydrogen-bond acceptors (Lipinski definition) is 6. The summed E-state index contributed by atoms with van der Waals surface area (Å²) in [7, 11) is 8.33. The van der Waals surface area contributed by atoms with Crippen molar-refractivity contribution in [2.24, 2.45) is 0 Å². The lowest BCUT2D eigenvalue weighted by Crippen LogP contribution is -2.47. The zero-order chi connectivity index (χ0) is 23.7. The lowest BCUT2D eigenvalue weighted by Gasteiger charge is -2.42. The third-order valence-corrected chi connectivity index (χ3v) is 6.46. The van der Waals surface area contributed by atoms with Gasteiger partial charge in [0.1, 0.15) is 0 Å². The van der Waals surface area contributed by atoms with Crippen molar-refractivity contribution in [2.75, 3.05) is 35.4 Å². The molecule has 0 bridgehead atoms. The highest BCUT2D eigenvalue weighted by molar-refractivity contribution is 6.02. The maximum Gasteiger partial charge on any atom is 0.242 e. The van der Waals surface area contributed by atoms with Gasteiger partial charge in [0.15, 0.2) is 17.3 Å². The van der Waals surface area contributed by atoms with E-state index in [2.05, 4.69) is 0 Å². The number of nitrogens with zero attached hydrogens (tertiary/aromatic N) is 2. The van der Waals surface area contributed by atoms with E-state index in [1.54, 1.807) is 31.3 Å². The molecule has 7 nitrogen and oxygen atoms in total. The zero-order valence-corrected chi connectivity index (χ0v) is 19.8. The normalized spacial score (nSPS) is 20.7. The minimum absolute atomic E-state index is 0.0337. The van der Waals surface area contributed by atoms with Gasteiger partial charge >= 0.3 is 0 Å². The maximum absolute atomic E-state index is 13.6. The minimum Gasteiger partial charge on any atom is -0.493 e. The van der Waals surface area contributed by atoms with Gasteiger partial charge in [0.2, 0.25) is 11.7 Å². The Morgan fingerprint density at radius 2 is 1.48 bits per heavy atom. The number of hydrogen-bond donors (Lipinski definition) is 0. The first-order valence-corrected chi connectivity index (χ1v) is 11.0. The van der Waals surface area contributed by atoms with Crippen molar-refractivity contribution >= 4 is 11.7 Å². The number of hydrazine groups is 1. The summed E-state index contributed by atoms with van der Waals surface area (Å²) >= 11 is 0. The molecule has 4 rings (SSSR count). The highest BCUT2D eigenvalue weighted by atomic mass is 16.5. The molecule has 1 heterocycles. The average Bonchev–Trinajstić information content (AvgIpc) is 2.82. The van der Waals surface area contributed by atoms with E-state index in [4.69, 9.17) is 14.2 Å². The average molecular weight is 451 g/mol. The molecule has 0 unspecified atom stereocenters. The molecule has 0 saturated heterocycles. The van der Waals surface area contributed by atoms with Gasteiger partial charge in [-0.05, 0) is 35.6 Å². The van der Waals surface area contributed by atoms with E-state index in [0.717, 1.165) is 16.8 Å². The van der Waals surface area contributed by atoms with Gasteiger partial charge in [-0.2, -0.15) is 0 Å². The van der Waals surface area contributed by atoms with Gasteiger partial charge in [-0.3, -0.25) is 9.59 Å². The van der Waals surface area contributed by atoms with Gasteiger partial charge in [0.05, 0.1) is 21.3 Å². The topological polar surface area (TPSA) is 68.3 Å². The van der Waals surface area contributed by atoms with Crippen LogP contribution in [0.25, 0.3) is 0 Å². The number of rotatable bonds is 6. The van der Waals surface area contributed by atoms with E-state index in [9.17, 15) is 9.59 Å². The van der Waals surface area contributed by atoms with Crippen molar-refractivity contribution in [3.8, 4) is 17.2 Å². The highest BCUT2D eigenvalue weighted by Crippen LogP contribution is 2.48. The highest BCUT2D eigenvalue weighted by Gasteiger charge is 2.43. The van der Waals surface area contributed by atoms with Gasteiger partial charge in [0.25, 0.3) is 0 Å². The van der Waals surface area contributed by atoms with Crippen LogP contribution in [0.15, 0.2) is 53.7 Å². The van der Waals surface area contributed by atoms with Crippen molar-refractivity contribution in [3.05, 3.63) is 64.9 Å². The number of benzene rings is 2. The molecule has 1 amide bonds. The molecule has 2 aromatic carbocycles. The summed E-state index contributed by atoms with van der Waals surface area (Å²) in [6.45, 7) is 0. The van der Waals surface area contributed by atoms with Crippen LogP contribution in [0.3, 0.4) is 0 Å². The van der Waals surface area contributed by atoms with E-state index in [1.165, 1.54) is 0 Å². The standard InChI is InChI=1S/C26H30N2O5/c1-27(2)28-20-11-17(16-9-7-6-8-10-16)12-21(29)25(20)19(15-24(28)30)18-13-22(31-3)26(33-5)23(14-18)32-4/h6-10,13-14,17,19H,11-12,15H2,1-5H3/t17-,19-/m1/s1. The molecule has 0 radical (unpaired) electrons. The fourth-order valence-corrected chi connectivity index (χ4v) is 5.03. The van der Waals surface area contributed by atoms with Crippen LogP contribution in [-0.4, -0.2) is 57.1 Å². The zero-order valence-electron chi connectivity index (χ0n) is 19.8. The van der Waals surface area contributed by atoms with Gasteiger partial charge in [-0.1, -0.05) is 30.3 Å². The van der Waals surface area contributed by atoms with Crippen LogP contribution >= 0.6 is 0 Å². The van der Waals surface area contributed by atoms with E-state index in [0.29, 0.717) is 35.7 Å². The quantitative estimate of drug-likeness (QED) is 0.665. The number of ether oxygens (including phenoxy) is 3. The van der Waals surface area contributed by atoms with Crippen LogP contribution < -0.4 is 14.2 Å². The molecule has 7 heteroatoms.